The van der Waals surface area contributed by atoms with Gasteiger partial charge in [-0.2, -0.15) is 0 Å². The molecule has 0 heterocycles. The monoisotopic (exact) mass is 464 g/mol. The van der Waals surface area contributed by atoms with Crippen molar-refractivity contribution in [1.82, 2.24) is 0 Å². The average molecular weight is 465 g/mol. The van der Waals surface area contributed by atoms with Gasteiger partial charge in [0.15, 0.2) is 0 Å². The van der Waals surface area contributed by atoms with E-state index < -0.39 is 0 Å². The predicted octanol–water partition coefficient (Wildman–Crippen LogP) is 10.1. The summed E-state index contributed by atoms with van der Waals surface area (Å²) >= 11 is 0. The average Bonchev–Trinajstić information content (AvgIpc) is 2.82. The van der Waals surface area contributed by atoms with Crippen LogP contribution in [0.3, 0.4) is 0 Å². The smallest absolute Gasteiger partial charge is 0.0773 e. The molecule has 0 unspecified atom stereocenters. The van der Waals surface area contributed by atoms with Crippen molar-refractivity contribution in [2.24, 2.45) is 0 Å². The maximum atomic E-state index is 10.0. The van der Waals surface area contributed by atoms with Gasteiger partial charge < -0.3 is 9.84 Å². The molecule has 0 fully saturated rings. The normalized spacial score (nSPS) is 12.9. The summed E-state index contributed by atoms with van der Waals surface area (Å²) in [6.45, 7) is 5.86. The van der Waals surface area contributed by atoms with Crippen LogP contribution in [0.1, 0.15) is 155 Å². The minimum Gasteiger partial charge on any atom is -0.391 e. The molecular formula is C31H60O2. The Hall–Kier alpha value is -0.600. The molecule has 0 spiro atoms. The van der Waals surface area contributed by atoms with Gasteiger partial charge in [0.1, 0.15) is 0 Å². The SMILES string of the molecule is CCCCCC=CCC=CCCCCCCCCOC[C@H](O)CCCCCCCCCCC. The number of allylic oxidation sites excluding steroid dienone is 4. The van der Waals surface area contributed by atoms with Crippen molar-refractivity contribution in [3.05, 3.63) is 24.3 Å². The number of ether oxygens (including phenoxy) is 1. The van der Waals surface area contributed by atoms with E-state index in [0.29, 0.717) is 6.61 Å². The first-order valence-corrected chi connectivity index (χ1v) is 14.9. The van der Waals surface area contributed by atoms with Gasteiger partial charge in [-0.05, 0) is 44.9 Å². The number of rotatable bonds is 27. The van der Waals surface area contributed by atoms with Crippen LogP contribution in [0, 0.1) is 0 Å². The lowest BCUT2D eigenvalue weighted by Gasteiger charge is -2.11. The maximum absolute atomic E-state index is 10.0. The third kappa shape index (κ3) is 29.4. The molecule has 0 aliphatic rings. The molecule has 0 radical (unpaired) electrons. The molecule has 196 valence electrons. The molecule has 0 amide bonds. The van der Waals surface area contributed by atoms with Crippen molar-refractivity contribution in [2.75, 3.05) is 13.2 Å². The van der Waals surface area contributed by atoms with E-state index in [2.05, 4.69) is 38.2 Å². The zero-order chi connectivity index (χ0) is 24.1. The zero-order valence-electron chi connectivity index (χ0n) is 22.7. The van der Waals surface area contributed by atoms with Gasteiger partial charge in [0.05, 0.1) is 12.7 Å². The fraction of sp³-hybridized carbons (Fsp3) is 0.871. The summed E-state index contributed by atoms with van der Waals surface area (Å²) < 4.78 is 5.68. The van der Waals surface area contributed by atoms with Crippen LogP contribution in [0.25, 0.3) is 0 Å². The van der Waals surface area contributed by atoms with Crippen LogP contribution in [-0.2, 0) is 4.74 Å². The Morgan fingerprint density at radius 1 is 0.545 bits per heavy atom. The summed E-state index contributed by atoms with van der Waals surface area (Å²) in [6, 6.07) is 0. The second kappa shape index (κ2) is 29.4. The van der Waals surface area contributed by atoms with Gasteiger partial charge in [-0.25, -0.2) is 0 Å². The molecule has 1 atom stereocenters. The summed E-state index contributed by atoms with van der Waals surface area (Å²) in [5, 5.41) is 10.0. The fourth-order valence-corrected chi connectivity index (χ4v) is 4.19. The molecule has 0 rings (SSSR count). The third-order valence-electron chi connectivity index (χ3n) is 6.44. The molecule has 0 saturated heterocycles. The number of hydrogen-bond donors (Lipinski definition) is 1. The van der Waals surface area contributed by atoms with Crippen LogP contribution in [0.5, 0.6) is 0 Å². The van der Waals surface area contributed by atoms with Crippen LogP contribution in [0.2, 0.25) is 0 Å². The first kappa shape index (κ1) is 32.4. The molecule has 0 aliphatic heterocycles. The standard InChI is InChI=1S/C31H60O2/c1-3-5-7-9-11-13-14-15-16-17-18-19-21-23-25-27-29-33-30-31(32)28-26-24-22-20-12-10-8-6-4-2/h11,13,15-16,31-32H,3-10,12,14,17-30H2,1-2H3/t31-/m1/s1. The van der Waals surface area contributed by atoms with Crippen molar-refractivity contribution in [3.8, 4) is 0 Å². The van der Waals surface area contributed by atoms with E-state index in [1.165, 1.54) is 116 Å². The number of unbranched alkanes of at least 4 members (excludes halogenated alkanes) is 17. The molecule has 33 heavy (non-hydrogen) atoms. The summed E-state index contributed by atoms with van der Waals surface area (Å²) in [4.78, 5) is 0. The van der Waals surface area contributed by atoms with E-state index in [4.69, 9.17) is 4.74 Å². The van der Waals surface area contributed by atoms with Gasteiger partial charge >= 0.3 is 0 Å². The minimum atomic E-state index is -0.265. The lowest BCUT2D eigenvalue weighted by molar-refractivity contribution is 0.0297. The van der Waals surface area contributed by atoms with E-state index in [0.717, 1.165) is 32.3 Å². The Morgan fingerprint density at radius 3 is 1.61 bits per heavy atom. The molecule has 1 N–H and O–H groups in total. The van der Waals surface area contributed by atoms with Crippen LogP contribution < -0.4 is 0 Å². The molecule has 2 nitrogen and oxygen atoms in total. The van der Waals surface area contributed by atoms with E-state index in [9.17, 15) is 5.11 Å². The van der Waals surface area contributed by atoms with Crippen LogP contribution >= 0.6 is 0 Å². The third-order valence-corrected chi connectivity index (χ3v) is 6.44. The van der Waals surface area contributed by atoms with Crippen molar-refractivity contribution >= 4 is 0 Å². The number of hydrogen-bond acceptors (Lipinski definition) is 2. The van der Waals surface area contributed by atoms with E-state index in [1.807, 2.05) is 0 Å². The lowest BCUT2D eigenvalue weighted by Crippen LogP contribution is -2.15. The van der Waals surface area contributed by atoms with Crippen molar-refractivity contribution in [1.29, 1.82) is 0 Å². The van der Waals surface area contributed by atoms with Crippen LogP contribution in [0.4, 0.5) is 0 Å². The Balaban J connectivity index is 3.21. The van der Waals surface area contributed by atoms with E-state index in [-0.39, 0.29) is 6.10 Å². The summed E-state index contributed by atoms with van der Waals surface area (Å²) in [6.07, 6.45) is 37.2. The highest BCUT2D eigenvalue weighted by atomic mass is 16.5. The number of aliphatic hydroxyl groups excluding tert-OH is 1. The largest absolute Gasteiger partial charge is 0.391 e. The Bertz CT molecular complexity index is 402. The summed E-state index contributed by atoms with van der Waals surface area (Å²) in [7, 11) is 0. The topological polar surface area (TPSA) is 29.5 Å². The predicted molar refractivity (Wildman–Crippen MR) is 148 cm³/mol. The highest BCUT2D eigenvalue weighted by Gasteiger charge is 2.04. The molecule has 0 aromatic heterocycles. The van der Waals surface area contributed by atoms with E-state index >= 15 is 0 Å². The molecule has 0 aromatic carbocycles. The second-order valence-electron chi connectivity index (χ2n) is 9.93. The van der Waals surface area contributed by atoms with E-state index in [1.54, 1.807) is 0 Å². The summed E-state index contributed by atoms with van der Waals surface area (Å²) in [5.41, 5.74) is 0. The van der Waals surface area contributed by atoms with Gasteiger partial charge in [0.25, 0.3) is 0 Å². The molecule has 0 bridgehead atoms. The van der Waals surface area contributed by atoms with Crippen molar-refractivity contribution in [3.63, 3.8) is 0 Å². The van der Waals surface area contributed by atoms with Gasteiger partial charge in [-0.3, -0.25) is 0 Å². The van der Waals surface area contributed by atoms with Crippen molar-refractivity contribution in [2.45, 2.75) is 161 Å². The first-order chi connectivity index (χ1) is 16.3. The Morgan fingerprint density at radius 2 is 1.00 bits per heavy atom. The Kier molecular flexibility index (Phi) is 28.9. The summed E-state index contributed by atoms with van der Waals surface area (Å²) in [5.74, 6) is 0. The molecular weight excluding hydrogens is 404 g/mol. The number of aliphatic hydroxyl groups is 1. The maximum Gasteiger partial charge on any atom is 0.0773 e. The van der Waals surface area contributed by atoms with Gasteiger partial charge in [-0.1, -0.05) is 134 Å². The van der Waals surface area contributed by atoms with Crippen LogP contribution in [0.15, 0.2) is 24.3 Å². The van der Waals surface area contributed by atoms with Crippen molar-refractivity contribution < 1.29 is 9.84 Å². The quantitative estimate of drug-likeness (QED) is 0.0967. The highest BCUT2D eigenvalue weighted by molar-refractivity contribution is 4.92. The fourth-order valence-electron chi connectivity index (χ4n) is 4.19. The molecule has 0 aliphatic carbocycles. The highest BCUT2D eigenvalue weighted by Crippen LogP contribution is 2.12. The first-order valence-electron chi connectivity index (χ1n) is 14.9. The Labute approximate surface area is 208 Å². The lowest BCUT2D eigenvalue weighted by atomic mass is 10.1. The van der Waals surface area contributed by atoms with Crippen LogP contribution in [-0.4, -0.2) is 24.4 Å². The van der Waals surface area contributed by atoms with Gasteiger partial charge in [0, 0.05) is 6.61 Å². The molecule has 0 saturated carbocycles. The molecule has 2 heteroatoms. The van der Waals surface area contributed by atoms with Gasteiger partial charge in [-0.15, -0.1) is 0 Å². The second-order valence-corrected chi connectivity index (χ2v) is 9.93. The van der Waals surface area contributed by atoms with Gasteiger partial charge in [0.2, 0.25) is 0 Å². The minimum absolute atomic E-state index is 0.265. The molecule has 0 aromatic rings. The zero-order valence-corrected chi connectivity index (χ0v) is 22.7.